The summed E-state index contributed by atoms with van der Waals surface area (Å²) in [6, 6.07) is 7.27. The molecule has 0 aliphatic rings. The smallest absolute Gasteiger partial charge is 0.303 e. The number of aromatic nitrogens is 1. The van der Waals surface area contributed by atoms with Gasteiger partial charge in [0.15, 0.2) is 0 Å². The van der Waals surface area contributed by atoms with Gasteiger partial charge in [0.05, 0.1) is 7.11 Å². The van der Waals surface area contributed by atoms with Crippen LogP contribution < -0.4 is 10.5 Å². The monoisotopic (exact) mass is 260 g/mol. The Hall–Kier alpha value is -2.14. The molecular weight excluding hydrogens is 244 g/mol. The van der Waals surface area contributed by atoms with Crippen molar-refractivity contribution < 1.29 is 14.6 Å². The van der Waals surface area contributed by atoms with Crippen molar-refractivity contribution >= 4 is 16.9 Å². The number of fused-ring (bicyclic) bond motifs is 1. The first-order valence-electron chi connectivity index (χ1n) is 6.02. The van der Waals surface area contributed by atoms with E-state index in [1.807, 2.05) is 24.3 Å². The molecule has 5 nitrogen and oxygen atoms in total. The van der Waals surface area contributed by atoms with Crippen molar-refractivity contribution in [2.24, 2.45) is 5.73 Å². The quantitative estimate of drug-likeness (QED) is 0.860. The summed E-state index contributed by atoms with van der Waals surface area (Å²) in [5.41, 5.74) is 7.58. The van der Waals surface area contributed by atoms with Gasteiger partial charge in [0, 0.05) is 24.0 Å². The Morgan fingerprint density at radius 1 is 1.53 bits per heavy atom. The second kappa shape index (κ2) is 5.67. The van der Waals surface area contributed by atoms with Crippen LogP contribution in [0.4, 0.5) is 0 Å². The molecule has 0 saturated carbocycles. The standard InChI is InChI=1S/C14H16N2O3/c1-19-12-4-2-3-9-7-10(8-16-14(9)12)11(15)5-6-13(17)18/h2-4,7-8,11H,5-6,15H2,1H3,(H,17,18). The number of hydrogen-bond donors (Lipinski definition) is 2. The highest BCUT2D eigenvalue weighted by Crippen LogP contribution is 2.26. The molecule has 100 valence electrons. The third kappa shape index (κ3) is 3.00. The normalized spacial score (nSPS) is 12.3. The van der Waals surface area contributed by atoms with Crippen LogP contribution in [0, 0.1) is 0 Å². The topological polar surface area (TPSA) is 85.4 Å². The molecule has 0 fully saturated rings. The number of methoxy groups -OCH3 is 1. The highest BCUT2D eigenvalue weighted by molar-refractivity contribution is 5.84. The van der Waals surface area contributed by atoms with Gasteiger partial charge in [-0.1, -0.05) is 12.1 Å². The molecule has 1 atom stereocenters. The molecule has 0 radical (unpaired) electrons. The van der Waals surface area contributed by atoms with E-state index >= 15 is 0 Å². The predicted molar refractivity (Wildman–Crippen MR) is 72.1 cm³/mol. The first kappa shape index (κ1) is 13.3. The van der Waals surface area contributed by atoms with Crippen molar-refractivity contribution in [2.45, 2.75) is 18.9 Å². The maximum atomic E-state index is 10.5. The summed E-state index contributed by atoms with van der Waals surface area (Å²) >= 11 is 0. The average molecular weight is 260 g/mol. The number of aliphatic carboxylic acids is 1. The molecule has 0 aliphatic heterocycles. The minimum atomic E-state index is -0.842. The van der Waals surface area contributed by atoms with Crippen molar-refractivity contribution in [3.05, 3.63) is 36.0 Å². The highest BCUT2D eigenvalue weighted by Gasteiger charge is 2.11. The Morgan fingerprint density at radius 3 is 3.00 bits per heavy atom. The van der Waals surface area contributed by atoms with E-state index in [9.17, 15) is 4.79 Å². The molecule has 1 heterocycles. The molecule has 5 heteroatoms. The summed E-state index contributed by atoms with van der Waals surface area (Å²) in [4.78, 5) is 14.9. The summed E-state index contributed by atoms with van der Waals surface area (Å²) in [5.74, 6) is -0.131. The number of ether oxygens (including phenoxy) is 1. The summed E-state index contributed by atoms with van der Waals surface area (Å²) in [5, 5.41) is 9.59. The lowest BCUT2D eigenvalue weighted by Gasteiger charge is -2.12. The molecule has 3 N–H and O–H groups in total. The minimum absolute atomic E-state index is 0.0529. The summed E-state index contributed by atoms with van der Waals surface area (Å²) in [7, 11) is 1.60. The number of para-hydroxylation sites is 1. The van der Waals surface area contributed by atoms with Crippen molar-refractivity contribution in [2.75, 3.05) is 7.11 Å². The van der Waals surface area contributed by atoms with Gasteiger partial charge in [-0.25, -0.2) is 0 Å². The summed E-state index contributed by atoms with van der Waals surface area (Å²) in [6.45, 7) is 0. The van der Waals surface area contributed by atoms with E-state index < -0.39 is 5.97 Å². The molecule has 19 heavy (non-hydrogen) atoms. The number of rotatable bonds is 5. The zero-order valence-electron chi connectivity index (χ0n) is 10.7. The van der Waals surface area contributed by atoms with Crippen molar-refractivity contribution in [3.8, 4) is 5.75 Å². The number of hydrogen-bond acceptors (Lipinski definition) is 4. The number of nitrogens with two attached hydrogens (primary N) is 1. The van der Waals surface area contributed by atoms with E-state index in [-0.39, 0.29) is 12.5 Å². The van der Waals surface area contributed by atoms with Crippen LogP contribution >= 0.6 is 0 Å². The van der Waals surface area contributed by atoms with Crippen LogP contribution in [0.3, 0.4) is 0 Å². The lowest BCUT2D eigenvalue weighted by Crippen LogP contribution is -2.12. The van der Waals surface area contributed by atoms with Crippen LogP contribution in [0.5, 0.6) is 5.75 Å². The Labute approximate surface area is 111 Å². The summed E-state index contributed by atoms with van der Waals surface area (Å²) < 4.78 is 5.24. The molecule has 1 aromatic heterocycles. The van der Waals surface area contributed by atoms with E-state index in [2.05, 4.69) is 4.98 Å². The van der Waals surface area contributed by atoms with E-state index in [4.69, 9.17) is 15.6 Å². The van der Waals surface area contributed by atoms with Crippen LogP contribution in [-0.2, 0) is 4.79 Å². The van der Waals surface area contributed by atoms with Crippen LogP contribution in [-0.4, -0.2) is 23.2 Å². The van der Waals surface area contributed by atoms with E-state index in [0.717, 1.165) is 16.5 Å². The maximum Gasteiger partial charge on any atom is 0.303 e. The summed E-state index contributed by atoms with van der Waals surface area (Å²) in [6.07, 6.45) is 2.13. The number of nitrogens with zero attached hydrogens (tertiary/aromatic N) is 1. The Kier molecular flexibility index (Phi) is 3.97. The van der Waals surface area contributed by atoms with E-state index in [1.54, 1.807) is 13.3 Å². The SMILES string of the molecule is COc1cccc2cc(C(N)CCC(=O)O)cnc12. The fourth-order valence-corrected chi connectivity index (χ4v) is 1.96. The molecule has 0 aliphatic carbocycles. The first-order valence-corrected chi connectivity index (χ1v) is 6.02. The van der Waals surface area contributed by atoms with Crippen LogP contribution in [0.1, 0.15) is 24.4 Å². The Balaban J connectivity index is 2.29. The first-order chi connectivity index (χ1) is 9.11. The number of carboxylic acid groups (broad SMARTS) is 1. The molecule has 0 bridgehead atoms. The largest absolute Gasteiger partial charge is 0.494 e. The van der Waals surface area contributed by atoms with Crippen molar-refractivity contribution in [3.63, 3.8) is 0 Å². The molecule has 1 aromatic carbocycles. The molecule has 1 unspecified atom stereocenters. The zero-order chi connectivity index (χ0) is 13.8. The van der Waals surface area contributed by atoms with Gasteiger partial charge < -0.3 is 15.6 Å². The fourth-order valence-electron chi connectivity index (χ4n) is 1.96. The zero-order valence-corrected chi connectivity index (χ0v) is 10.7. The van der Waals surface area contributed by atoms with Crippen LogP contribution in [0.2, 0.25) is 0 Å². The number of pyridine rings is 1. The molecule has 0 amide bonds. The Morgan fingerprint density at radius 2 is 2.32 bits per heavy atom. The predicted octanol–water partition coefficient (Wildman–Crippen LogP) is 2.11. The van der Waals surface area contributed by atoms with Gasteiger partial charge in [0.2, 0.25) is 0 Å². The molecular formula is C14H16N2O3. The molecule has 2 rings (SSSR count). The number of carbonyl (C=O) groups is 1. The molecule has 2 aromatic rings. The van der Waals surface area contributed by atoms with E-state index in [0.29, 0.717) is 12.2 Å². The molecule has 0 saturated heterocycles. The second-order valence-electron chi connectivity index (χ2n) is 4.34. The number of carboxylic acids is 1. The van der Waals surface area contributed by atoms with Gasteiger partial charge in [0.1, 0.15) is 11.3 Å². The van der Waals surface area contributed by atoms with Crippen molar-refractivity contribution in [1.82, 2.24) is 4.98 Å². The lowest BCUT2D eigenvalue weighted by atomic mass is 10.0. The van der Waals surface area contributed by atoms with E-state index in [1.165, 1.54) is 0 Å². The van der Waals surface area contributed by atoms with Gasteiger partial charge in [-0.15, -0.1) is 0 Å². The lowest BCUT2D eigenvalue weighted by molar-refractivity contribution is -0.137. The Bertz CT molecular complexity index is 598. The van der Waals surface area contributed by atoms with Gasteiger partial charge in [0.25, 0.3) is 0 Å². The van der Waals surface area contributed by atoms with Gasteiger partial charge in [-0.2, -0.15) is 0 Å². The molecule has 0 spiro atoms. The van der Waals surface area contributed by atoms with Crippen molar-refractivity contribution in [1.29, 1.82) is 0 Å². The second-order valence-corrected chi connectivity index (χ2v) is 4.34. The third-order valence-corrected chi connectivity index (χ3v) is 3.01. The average Bonchev–Trinajstić information content (AvgIpc) is 2.43. The van der Waals surface area contributed by atoms with Crippen LogP contribution in [0.25, 0.3) is 10.9 Å². The number of benzene rings is 1. The van der Waals surface area contributed by atoms with Gasteiger partial charge in [-0.3, -0.25) is 9.78 Å². The van der Waals surface area contributed by atoms with Crippen LogP contribution in [0.15, 0.2) is 30.5 Å². The highest BCUT2D eigenvalue weighted by atomic mass is 16.5. The maximum absolute atomic E-state index is 10.5. The van der Waals surface area contributed by atoms with Gasteiger partial charge >= 0.3 is 5.97 Å². The fraction of sp³-hybridized carbons (Fsp3) is 0.286. The van der Waals surface area contributed by atoms with Gasteiger partial charge in [-0.05, 0) is 24.1 Å². The third-order valence-electron chi connectivity index (χ3n) is 3.01. The minimum Gasteiger partial charge on any atom is -0.494 e.